The van der Waals surface area contributed by atoms with Gasteiger partial charge in [-0.3, -0.25) is 9.59 Å². The van der Waals surface area contributed by atoms with Gasteiger partial charge in [-0.15, -0.1) is 0 Å². The second kappa shape index (κ2) is 7.00. The number of aromatic nitrogens is 2. The van der Waals surface area contributed by atoms with E-state index < -0.39 is 28.9 Å². The number of amides is 1. The van der Waals surface area contributed by atoms with Crippen molar-refractivity contribution in [1.29, 1.82) is 0 Å². The molecule has 2 N–H and O–H groups in total. The molecular formula is C17H19F2N3O3. The van der Waals surface area contributed by atoms with Gasteiger partial charge >= 0.3 is 0 Å². The summed E-state index contributed by atoms with van der Waals surface area (Å²) >= 11 is 0. The topological polar surface area (TPSA) is 84.1 Å². The van der Waals surface area contributed by atoms with Crippen LogP contribution in [0.3, 0.4) is 0 Å². The molecule has 2 rings (SSSR count). The van der Waals surface area contributed by atoms with E-state index in [4.69, 9.17) is 0 Å². The summed E-state index contributed by atoms with van der Waals surface area (Å²) in [6.45, 7) is 5.46. The minimum absolute atomic E-state index is 0.156. The summed E-state index contributed by atoms with van der Waals surface area (Å²) in [4.78, 5) is 30.8. The third kappa shape index (κ3) is 4.20. The van der Waals surface area contributed by atoms with Crippen LogP contribution in [0.4, 0.5) is 8.78 Å². The third-order valence-electron chi connectivity index (χ3n) is 3.47. The van der Waals surface area contributed by atoms with Gasteiger partial charge in [0.2, 0.25) is 0 Å². The highest BCUT2D eigenvalue weighted by molar-refractivity contribution is 5.93. The summed E-state index contributed by atoms with van der Waals surface area (Å²) in [6.07, 6.45) is 1.18. The molecule has 0 bridgehead atoms. The van der Waals surface area contributed by atoms with Crippen LogP contribution in [0.15, 0.2) is 23.1 Å². The predicted octanol–water partition coefficient (Wildman–Crippen LogP) is 2.28. The number of benzene rings is 1. The molecule has 2 aromatic rings. The molecule has 1 heterocycles. The number of ether oxygens (including phenoxy) is 1. The molecule has 0 aliphatic heterocycles. The van der Waals surface area contributed by atoms with Gasteiger partial charge in [0.15, 0.2) is 17.4 Å². The lowest BCUT2D eigenvalue weighted by atomic mass is 9.96. The number of aromatic amines is 1. The average molecular weight is 351 g/mol. The van der Waals surface area contributed by atoms with Crippen LogP contribution in [0.1, 0.15) is 42.5 Å². The van der Waals surface area contributed by atoms with Gasteiger partial charge in [-0.25, -0.2) is 13.8 Å². The number of H-pyrrole nitrogens is 1. The monoisotopic (exact) mass is 351 g/mol. The molecule has 1 amide bonds. The van der Waals surface area contributed by atoms with Crippen molar-refractivity contribution in [2.45, 2.75) is 32.7 Å². The van der Waals surface area contributed by atoms with Crippen LogP contribution < -0.4 is 15.6 Å². The highest BCUT2D eigenvalue weighted by atomic mass is 19.1. The highest BCUT2D eigenvalue weighted by Gasteiger charge is 2.19. The molecule has 8 heteroatoms. The number of halogens is 2. The molecule has 134 valence electrons. The molecule has 0 saturated carbocycles. The van der Waals surface area contributed by atoms with Crippen molar-refractivity contribution >= 4 is 5.91 Å². The van der Waals surface area contributed by atoms with E-state index in [1.165, 1.54) is 6.20 Å². The number of rotatable bonds is 4. The molecule has 0 atom stereocenters. The number of carbonyl (C=O) groups excluding carboxylic acids is 1. The van der Waals surface area contributed by atoms with Crippen LogP contribution in [0, 0.1) is 11.6 Å². The maximum absolute atomic E-state index is 13.6. The van der Waals surface area contributed by atoms with Gasteiger partial charge in [-0.1, -0.05) is 20.8 Å². The van der Waals surface area contributed by atoms with E-state index in [-0.39, 0.29) is 23.1 Å². The van der Waals surface area contributed by atoms with E-state index in [9.17, 15) is 18.4 Å². The lowest BCUT2D eigenvalue weighted by molar-refractivity contribution is 0.0948. The third-order valence-corrected chi connectivity index (χ3v) is 3.47. The van der Waals surface area contributed by atoms with Crippen LogP contribution in [-0.2, 0) is 12.0 Å². The maximum Gasteiger partial charge on any atom is 0.263 e. The molecule has 0 unspecified atom stereocenters. The Morgan fingerprint density at radius 2 is 1.88 bits per heavy atom. The standard InChI is InChI=1S/C17H19F2N3O3/c1-17(2,3)16-21-8-10(15(24)22-16)14(23)20-7-9-5-11(18)13(25-4)12(19)6-9/h5-6,8H,7H2,1-4H3,(H,20,23)(H,21,22,24). The fraction of sp³-hybridized carbons (Fsp3) is 0.353. The Bertz CT molecular complexity index is 834. The number of methoxy groups -OCH3 is 1. The Balaban J connectivity index is 2.15. The first-order valence-electron chi connectivity index (χ1n) is 7.53. The van der Waals surface area contributed by atoms with Crippen molar-refractivity contribution in [3.05, 3.63) is 57.3 Å². The number of hydrogen-bond donors (Lipinski definition) is 2. The van der Waals surface area contributed by atoms with Crippen LogP contribution >= 0.6 is 0 Å². The molecule has 0 fully saturated rings. The van der Waals surface area contributed by atoms with E-state index in [1.54, 1.807) is 0 Å². The second-order valence-electron chi connectivity index (χ2n) is 6.50. The molecule has 25 heavy (non-hydrogen) atoms. The number of nitrogens with zero attached hydrogens (tertiary/aromatic N) is 1. The van der Waals surface area contributed by atoms with Crippen molar-refractivity contribution in [3.63, 3.8) is 0 Å². The lowest BCUT2D eigenvalue weighted by Gasteiger charge is -2.16. The van der Waals surface area contributed by atoms with Crippen LogP contribution in [0.25, 0.3) is 0 Å². The van der Waals surface area contributed by atoms with Crippen molar-refractivity contribution in [3.8, 4) is 5.75 Å². The van der Waals surface area contributed by atoms with E-state index in [0.717, 1.165) is 19.2 Å². The average Bonchev–Trinajstić information content (AvgIpc) is 2.51. The molecule has 0 saturated heterocycles. The lowest BCUT2D eigenvalue weighted by Crippen LogP contribution is -2.32. The Morgan fingerprint density at radius 1 is 1.28 bits per heavy atom. The zero-order valence-corrected chi connectivity index (χ0v) is 14.4. The fourth-order valence-electron chi connectivity index (χ4n) is 2.12. The molecule has 1 aromatic heterocycles. The van der Waals surface area contributed by atoms with Gasteiger partial charge in [0.05, 0.1) is 7.11 Å². The van der Waals surface area contributed by atoms with Crippen LogP contribution in [-0.4, -0.2) is 23.0 Å². The Morgan fingerprint density at radius 3 is 2.36 bits per heavy atom. The summed E-state index contributed by atoms with van der Waals surface area (Å²) in [6, 6.07) is 2.10. The summed E-state index contributed by atoms with van der Waals surface area (Å²) in [5, 5.41) is 2.43. The highest BCUT2D eigenvalue weighted by Crippen LogP contribution is 2.22. The summed E-state index contributed by atoms with van der Waals surface area (Å²) in [5.41, 5.74) is -0.932. The number of hydrogen-bond acceptors (Lipinski definition) is 4. The van der Waals surface area contributed by atoms with E-state index in [2.05, 4.69) is 20.0 Å². The first-order valence-corrected chi connectivity index (χ1v) is 7.53. The predicted molar refractivity (Wildman–Crippen MR) is 87.6 cm³/mol. The van der Waals surface area contributed by atoms with Gasteiger partial charge in [-0.05, 0) is 17.7 Å². The van der Waals surface area contributed by atoms with Gasteiger partial charge in [0, 0.05) is 18.2 Å². The van der Waals surface area contributed by atoms with E-state index in [1.807, 2.05) is 20.8 Å². The zero-order valence-electron chi connectivity index (χ0n) is 14.4. The summed E-state index contributed by atoms with van der Waals surface area (Å²) < 4.78 is 31.9. The maximum atomic E-state index is 13.6. The number of nitrogens with one attached hydrogen (secondary N) is 2. The first-order chi connectivity index (χ1) is 11.6. The largest absolute Gasteiger partial charge is 0.491 e. The molecular weight excluding hydrogens is 332 g/mol. The normalized spacial score (nSPS) is 11.3. The van der Waals surface area contributed by atoms with Gasteiger partial charge in [0.1, 0.15) is 11.4 Å². The summed E-state index contributed by atoms with van der Waals surface area (Å²) in [7, 11) is 1.16. The SMILES string of the molecule is COc1c(F)cc(CNC(=O)c2cnc(C(C)(C)C)[nH]c2=O)cc1F. The number of carbonyl (C=O) groups is 1. The molecule has 0 aliphatic carbocycles. The van der Waals surface area contributed by atoms with Gasteiger partial charge in [-0.2, -0.15) is 0 Å². The second-order valence-corrected chi connectivity index (χ2v) is 6.50. The van der Waals surface area contributed by atoms with Crippen molar-refractivity contribution in [1.82, 2.24) is 15.3 Å². The Labute approximate surface area is 143 Å². The van der Waals surface area contributed by atoms with E-state index >= 15 is 0 Å². The first kappa shape index (κ1) is 18.6. The Kier molecular flexibility index (Phi) is 5.20. The van der Waals surface area contributed by atoms with E-state index in [0.29, 0.717) is 5.82 Å². The quantitative estimate of drug-likeness (QED) is 0.885. The fourth-order valence-corrected chi connectivity index (χ4v) is 2.12. The van der Waals surface area contributed by atoms with Crippen LogP contribution in [0.2, 0.25) is 0 Å². The molecule has 0 radical (unpaired) electrons. The smallest absolute Gasteiger partial charge is 0.263 e. The van der Waals surface area contributed by atoms with Crippen LogP contribution in [0.5, 0.6) is 5.75 Å². The summed E-state index contributed by atoms with van der Waals surface area (Å²) in [5.74, 6) is -2.48. The minimum atomic E-state index is -0.874. The van der Waals surface area contributed by atoms with Crippen molar-refractivity contribution in [2.75, 3.05) is 7.11 Å². The van der Waals surface area contributed by atoms with Crippen molar-refractivity contribution in [2.24, 2.45) is 0 Å². The minimum Gasteiger partial charge on any atom is -0.491 e. The Hall–Kier alpha value is -2.77. The molecule has 0 aliphatic rings. The van der Waals surface area contributed by atoms with Crippen molar-refractivity contribution < 1.29 is 18.3 Å². The molecule has 0 spiro atoms. The van der Waals surface area contributed by atoms with Gasteiger partial charge < -0.3 is 15.0 Å². The molecule has 1 aromatic carbocycles. The van der Waals surface area contributed by atoms with Gasteiger partial charge in [0.25, 0.3) is 11.5 Å². The molecule has 6 nitrogen and oxygen atoms in total. The zero-order chi connectivity index (χ0) is 18.8.